The van der Waals surface area contributed by atoms with E-state index in [4.69, 9.17) is 9.47 Å². The highest BCUT2D eigenvalue weighted by Gasteiger charge is 2.25. The normalized spacial score (nSPS) is 27.9. The van der Waals surface area contributed by atoms with Crippen LogP contribution in [0.15, 0.2) is 0 Å². The third kappa shape index (κ3) is 3.97. The van der Waals surface area contributed by atoms with E-state index in [0.29, 0.717) is 12.0 Å². The van der Waals surface area contributed by atoms with Crippen LogP contribution in [0.25, 0.3) is 0 Å². The molecule has 0 aromatic carbocycles. The first-order valence-corrected chi connectivity index (χ1v) is 6.07. The minimum absolute atomic E-state index is 0.464. The minimum Gasteiger partial charge on any atom is -0.381 e. The summed E-state index contributed by atoms with van der Waals surface area (Å²) in [5, 5.41) is 0. The Balaban J connectivity index is 2.22. The molecule has 1 saturated heterocycles. The predicted octanol–water partition coefficient (Wildman–Crippen LogP) is 3.01. The van der Waals surface area contributed by atoms with Crippen LogP contribution in [0.5, 0.6) is 0 Å². The van der Waals surface area contributed by atoms with E-state index in [1.807, 2.05) is 0 Å². The van der Waals surface area contributed by atoms with Gasteiger partial charge in [-0.05, 0) is 19.8 Å². The van der Waals surface area contributed by atoms with Crippen molar-refractivity contribution in [3.63, 3.8) is 0 Å². The van der Waals surface area contributed by atoms with E-state index in [0.717, 1.165) is 26.2 Å². The van der Waals surface area contributed by atoms with Gasteiger partial charge in [0.1, 0.15) is 0 Å². The second kappa shape index (κ2) is 7.24. The Bertz CT molecular complexity index is 134. The Hall–Kier alpha value is -0.0800. The maximum atomic E-state index is 5.75. The van der Waals surface area contributed by atoms with E-state index < -0.39 is 0 Å². The van der Waals surface area contributed by atoms with Gasteiger partial charge in [-0.3, -0.25) is 0 Å². The maximum absolute atomic E-state index is 5.75. The fourth-order valence-corrected chi connectivity index (χ4v) is 2.14. The first-order valence-electron chi connectivity index (χ1n) is 6.07. The third-order valence-corrected chi connectivity index (χ3v) is 2.96. The van der Waals surface area contributed by atoms with E-state index in [9.17, 15) is 0 Å². The smallest absolute Gasteiger partial charge is 0.0647 e. The summed E-state index contributed by atoms with van der Waals surface area (Å²) < 4.78 is 11.3. The molecule has 1 fully saturated rings. The second-order valence-corrected chi connectivity index (χ2v) is 4.11. The lowest BCUT2D eigenvalue weighted by Crippen LogP contribution is -2.34. The average Bonchev–Trinajstić information content (AvgIpc) is 2.21. The van der Waals surface area contributed by atoms with Gasteiger partial charge in [-0.1, -0.05) is 26.2 Å². The molecule has 2 unspecified atom stereocenters. The Morgan fingerprint density at radius 1 is 1.29 bits per heavy atom. The van der Waals surface area contributed by atoms with Gasteiger partial charge < -0.3 is 9.47 Å². The quantitative estimate of drug-likeness (QED) is 0.614. The fraction of sp³-hybridized carbons (Fsp3) is 1.00. The molecule has 0 aromatic rings. The van der Waals surface area contributed by atoms with Gasteiger partial charge in [-0.25, -0.2) is 0 Å². The highest BCUT2D eigenvalue weighted by molar-refractivity contribution is 4.74. The Morgan fingerprint density at radius 3 is 2.86 bits per heavy atom. The molecule has 0 radical (unpaired) electrons. The summed E-state index contributed by atoms with van der Waals surface area (Å²) in [6, 6.07) is 0. The molecule has 0 amide bonds. The molecule has 2 heteroatoms. The Morgan fingerprint density at radius 2 is 2.14 bits per heavy atom. The van der Waals surface area contributed by atoms with Crippen LogP contribution in [0.4, 0.5) is 0 Å². The van der Waals surface area contributed by atoms with E-state index in [-0.39, 0.29) is 0 Å². The lowest BCUT2D eigenvalue weighted by molar-refractivity contribution is -0.0733. The molecule has 0 saturated carbocycles. The first-order chi connectivity index (χ1) is 6.88. The molecule has 1 rings (SSSR count). The van der Waals surface area contributed by atoms with Crippen LogP contribution >= 0.6 is 0 Å². The summed E-state index contributed by atoms with van der Waals surface area (Å²) in [5.74, 6) is 0.648. The van der Waals surface area contributed by atoms with Gasteiger partial charge >= 0.3 is 0 Å². The van der Waals surface area contributed by atoms with Crippen molar-refractivity contribution in [2.75, 3.05) is 19.8 Å². The number of hydrogen-bond donors (Lipinski definition) is 0. The number of rotatable bonds is 6. The summed E-state index contributed by atoms with van der Waals surface area (Å²) in [7, 11) is 0. The topological polar surface area (TPSA) is 18.5 Å². The SMILES string of the molecule is CCCCCC1COCCC1OCC. The van der Waals surface area contributed by atoms with Crippen molar-refractivity contribution in [2.24, 2.45) is 5.92 Å². The number of hydrogen-bond acceptors (Lipinski definition) is 2. The first kappa shape index (κ1) is 12.0. The van der Waals surface area contributed by atoms with Crippen LogP contribution in [0.1, 0.15) is 46.0 Å². The summed E-state index contributed by atoms with van der Waals surface area (Å²) in [6.07, 6.45) is 6.80. The molecule has 2 nitrogen and oxygen atoms in total. The molecular formula is C12H24O2. The predicted molar refractivity (Wildman–Crippen MR) is 58.5 cm³/mol. The van der Waals surface area contributed by atoms with Gasteiger partial charge in [0, 0.05) is 19.1 Å². The van der Waals surface area contributed by atoms with Crippen molar-refractivity contribution < 1.29 is 9.47 Å². The van der Waals surface area contributed by atoms with Gasteiger partial charge in [-0.2, -0.15) is 0 Å². The number of ether oxygens (including phenoxy) is 2. The van der Waals surface area contributed by atoms with Crippen LogP contribution in [0.2, 0.25) is 0 Å². The van der Waals surface area contributed by atoms with E-state index >= 15 is 0 Å². The largest absolute Gasteiger partial charge is 0.381 e. The highest BCUT2D eigenvalue weighted by Crippen LogP contribution is 2.23. The zero-order valence-corrected chi connectivity index (χ0v) is 9.63. The molecule has 0 N–H and O–H groups in total. The Labute approximate surface area is 88.0 Å². The zero-order chi connectivity index (χ0) is 10.2. The van der Waals surface area contributed by atoms with Gasteiger partial charge in [-0.15, -0.1) is 0 Å². The fourth-order valence-electron chi connectivity index (χ4n) is 2.14. The summed E-state index contributed by atoms with van der Waals surface area (Å²) in [4.78, 5) is 0. The molecular weight excluding hydrogens is 176 g/mol. The lowest BCUT2D eigenvalue weighted by Gasteiger charge is -2.31. The van der Waals surface area contributed by atoms with Gasteiger partial charge in [0.15, 0.2) is 0 Å². The lowest BCUT2D eigenvalue weighted by atomic mass is 9.92. The van der Waals surface area contributed by atoms with Crippen molar-refractivity contribution in [1.29, 1.82) is 0 Å². The summed E-state index contributed by atoms with van der Waals surface area (Å²) in [5.41, 5.74) is 0. The standard InChI is InChI=1S/C12H24O2/c1-3-5-6-7-11-10-13-9-8-12(11)14-4-2/h11-12H,3-10H2,1-2H3. The van der Waals surface area contributed by atoms with E-state index in [2.05, 4.69) is 13.8 Å². The molecule has 1 aliphatic rings. The second-order valence-electron chi connectivity index (χ2n) is 4.11. The molecule has 1 heterocycles. The van der Waals surface area contributed by atoms with Crippen molar-refractivity contribution >= 4 is 0 Å². The molecule has 0 bridgehead atoms. The van der Waals surface area contributed by atoms with Crippen LogP contribution in [0.3, 0.4) is 0 Å². The molecule has 0 spiro atoms. The average molecular weight is 200 g/mol. The van der Waals surface area contributed by atoms with Crippen LogP contribution in [-0.2, 0) is 9.47 Å². The minimum atomic E-state index is 0.464. The zero-order valence-electron chi connectivity index (χ0n) is 9.63. The highest BCUT2D eigenvalue weighted by atomic mass is 16.5. The third-order valence-electron chi connectivity index (χ3n) is 2.96. The van der Waals surface area contributed by atoms with E-state index in [1.54, 1.807) is 0 Å². The van der Waals surface area contributed by atoms with Crippen molar-refractivity contribution in [2.45, 2.75) is 52.1 Å². The summed E-state index contributed by atoms with van der Waals surface area (Å²) >= 11 is 0. The van der Waals surface area contributed by atoms with Crippen LogP contribution in [0, 0.1) is 5.92 Å². The molecule has 84 valence electrons. The van der Waals surface area contributed by atoms with Crippen molar-refractivity contribution in [1.82, 2.24) is 0 Å². The summed E-state index contributed by atoms with van der Waals surface area (Å²) in [6.45, 7) is 6.97. The van der Waals surface area contributed by atoms with Gasteiger partial charge in [0.05, 0.1) is 12.7 Å². The van der Waals surface area contributed by atoms with Gasteiger partial charge in [0.25, 0.3) is 0 Å². The molecule has 0 aromatic heterocycles. The Kier molecular flexibility index (Phi) is 6.20. The molecule has 14 heavy (non-hydrogen) atoms. The van der Waals surface area contributed by atoms with Crippen LogP contribution in [-0.4, -0.2) is 25.9 Å². The molecule has 1 aliphatic heterocycles. The maximum Gasteiger partial charge on any atom is 0.0647 e. The molecule has 0 aliphatic carbocycles. The van der Waals surface area contributed by atoms with E-state index in [1.165, 1.54) is 25.7 Å². The monoisotopic (exact) mass is 200 g/mol. The van der Waals surface area contributed by atoms with Gasteiger partial charge in [0.2, 0.25) is 0 Å². The number of unbranched alkanes of at least 4 members (excludes halogenated alkanes) is 2. The van der Waals surface area contributed by atoms with Crippen molar-refractivity contribution in [3.05, 3.63) is 0 Å². The van der Waals surface area contributed by atoms with Crippen LogP contribution < -0.4 is 0 Å². The molecule has 2 atom stereocenters. The van der Waals surface area contributed by atoms with Crippen molar-refractivity contribution in [3.8, 4) is 0 Å².